The molecule has 1 saturated carbocycles. The summed E-state index contributed by atoms with van der Waals surface area (Å²) < 4.78 is 80.2. The highest BCUT2D eigenvalue weighted by atomic mass is 32.2. The number of benzene rings is 1. The van der Waals surface area contributed by atoms with Crippen molar-refractivity contribution in [2.24, 2.45) is 11.3 Å². The van der Waals surface area contributed by atoms with E-state index in [-0.39, 0.29) is 55.4 Å². The number of nitrogens with zero attached hydrogens (tertiary/aromatic N) is 3. The number of fused-ring (bicyclic) bond motifs is 2. The number of rotatable bonds is 8. The van der Waals surface area contributed by atoms with E-state index in [1.54, 1.807) is 12.0 Å². The molecule has 0 radical (unpaired) electrons. The van der Waals surface area contributed by atoms with E-state index in [4.69, 9.17) is 9.47 Å². The standard InChI is InChI=1S/C31H39F3N4O5S/c1-42-28-19-43-11-8-27(28)36-25-14-24-18-38(44(40,41)12-9-21-5-3-2-4-6-21)20-30(24,15-25)29(39)37-10-7-26-22(17-37)13-23(16-35-26)31(32,33)34/h2-6,13,16,24-25,27-28,36H,7-12,14-15,17-20H2,1H3/t24-,25+,27?,28?,30-/m0/s1. The first-order valence-corrected chi connectivity index (χ1v) is 16.8. The van der Waals surface area contributed by atoms with Crippen molar-refractivity contribution in [1.29, 1.82) is 0 Å². The van der Waals surface area contributed by atoms with Crippen LogP contribution in [0.4, 0.5) is 13.2 Å². The summed E-state index contributed by atoms with van der Waals surface area (Å²) >= 11 is 0. The monoisotopic (exact) mass is 636 g/mol. The zero-order chi connectivity index (χ0) is 31.1. The highest BCUT2D eigenvalue weighted by Crippen LogP contribution is 2.51. The third kappa shape index (κ3) is 6.26. The molecule has 4 heterocycles. The van der Waals surface area contributed by atoms with Crippen molar-refractivity contribution in [3.8, 4) is 0 Å². The maximum Gasteiger partial charge on any atom is 0.417 e. The molecule has 3 fully saturated rings. The number of carbonyl (C=O) groups is 1. The lowest BCUT2D eigenvalue weighted by Gasteiger charge is -2.37. The minimum atomic E-state index is -4.53. The van der Waals surface area contributed by atoms with Crippen LogP contribution < -0.4 is 5.32 Å². The number of halogens is 3. The molecule has 0 spiro atoms. The van der Waals surface area contributed by atoms with Gasteiger partial charge < -0.3 is 19.7 Å². The number of carbonyl (C=O) groups excluding carboxylic acids is 1. The summed E-state index contributed by atoms with van der Waals surface area (Å²) in [5.74, 6) is -0.470. The lowest BCUT2D eigenvalue weighted by Crippen LogP contribution is -2.52. The summed E-state index contributed by atoms with van der Waals surface area (Å²) in [4.78, 5) is 20.2. The van der Waals surface area contributed by atoms with Crippen LogP contribution in [0.25, 0.3) is 0 Å². The van der Waals surface area contributed by atoms with E-state index in [2.05, 4.69) is 10.3 Å². The Morgan fingerprint density at radius 2 is 2.05 bits per heavy atom. The van der Waals surface area contributed by atoms with Gasteiger partial charge >= 0.3 is 6.18 Å². The minimum absolute atomic E-state index is 0.0180. The molecule has 6 rings (SSSR count). The fraction of sp³-hybridized carbons (Fsp3) is 0.613. The summed E-state index contributed by atoms with van der Waals surface area (Å²) in [6.07, 6.45) is -1.28. The molecule has 5 atom stereocenters. The Labute approximate surface area is 256 Å². The first-order valence-electron chi connectivity index (χ1n) is 15.2. The van der Waals surface area contributed by atoms with Gasteiger partial charge in [0.15, 0.2) is 0 Å². The lowest BCUT2D eigenvalue weighted by molar-refractivity contribution is -0.143. The molecule has 240 valence electrons. The Hall–Kier alpha value is -2.58. The second kappa shape index (κ2) is 12.3. The van der Waals surface area contributed by atoms with Gasteiger partial charge in [-0.15, -0.1) is 0 Å². The largest absolute Gasteiger partial charge is 0.417 e. The van der Waals surface area contributed by atoms with Crippen LogP contribution in [-0.2, 0) is 49.9 Å². The van der Waals surface area contributed by atoms with Gasteiger partial charge in [-0.3, -0.25) is 9.78 Å². The number of alkyl halides is 3. The Balaban J connectivity index is 1.24. The summed E-state index contributed by atoms with van der Waals surface area (Å²) in [6, 6.07) is 10.5. The van der Waals surface area contributed by atoms with Crippen LogP contribution in [-0.4, -0.2) is 92.4 Å². The maximum absolute atomic E-state index is 14.5. The first kappa shape index (κ1) is 31.4. The molecular weight excluding hydrogens is 597 g/mol. The zero-order valence-corrected chi connectivity index (χ0v) is 25.6. The smallest absolute Gasteiger partial charge is 0.379 e. The van der Waals surface area contributed by atoms with Crippen molar-refractivity contribution in [3.63, 3.8) is 0 Å². The summed E-state index contributed by atoms with van der Waals surface area (Å²) in [6.45, 7) is 1.73. The van der Waals surface area contributed by atoms with E-state index in [0.717, 1.165) is 24.2 Å². The van der Waals surface area contributed by atoms with Crippen LogP contribution in [0.3, 0.4) is 0 Å². The Morgan fingerprint density at radius 3 is 2.80 bits per heavy atom. The van der Waals surface area contributed by atoms with Gasteiger partial charge in [0.25, 0.3) is 0 Å². The van der Waals surface area contributed by atoms with Crippen LogP contribution in [0.1, 0.15) is 41.6 Å². The van der Waals surface area contributed by atoms with Crippen molar-refractivity contribution in [1.82, 2.24) is 19.5 Å². The lowest BCUT2D eigenvalue weighted by atomic mass is 9.78. The summed E-state index contributed by atoms with van der Waals surface area (Å²) in [5.41, 5.74) is 0.0535. The number of hydrogen-bond donors (Lipinski definition) is 1. The van der Waals surface area contributed by atoms with Crippen molar-refractivity contribution < 1.29 is 35.9 Å². The van der Waals surface area contributed by atoms with Crippen molar-refractivity contribution in [2.45, 2.75) is 63.0 Å². The van der Waals surface area contributed by atoms with Crippen LogP contribution >= 0.6 is 0 Å². The highest BCUT2D eigenvalue weighted by Gasteiger charge is 2.60. The third-order valence-electron chi connectivity index (χ3n) is 9.87. The fourth-order valence-electron chi connectivity index (χ4n) is 7.52. The molecule has 3 aliphatic heterocycles. The molecule has 2 aromatic rings. The number of ether oxygens (including phenoxy) is 2. The fourth-order valence-corrected chi connectivity index (χ4v) is 9.11. The second-order valence-corrected chi connectivity index (χ2v) is 14.6. The van der Waals surface area contributed by atoms with Gasteiger partial charge in [-0.1, -0.05) is 30.3 Å². The minimum Gasteiger partial charge on any atom is -0.379 e. The molecule has 2 unspecified atom stereocenters. The van der Waals surface area contributed by atoms with Gasteiger partial charge in [0, 0.05) is 70.3 Å². The maximum atomic E-state index is 14.5. The van der Waals surface area contributed by atoms with Crippen LogP contribution in [0.5, 0.6) is 0 Å². The molecule has 13 heteroatoms. The van der Waals surface area contributed by atoms with Gasteiger partial charge in [-0.25, -0.2) is 12.7 Å². The topological polar surface area (TPSA) is 101 Å². The van der Waals surface area contributed by atoms with E-state index in [1.807, 2.05) is 30.3 Å². The van der Waals surface area contributed by atoms with Gasteiger partial charge in [-0.05, 0) is 48.8 Å². The van der Waals surface area contributed by atoms with Gasteiger partial charge in [-0.2, -0.15) is 13.2 Å². The molecule has 2 saturated heterocycles. The number of methoxy groups -OCH3 is 1. The van der Waals surface area contributed by atoms with E-state index in [9.17, 15) is 26.4 Å². The second-order valence-electron chi connectivity index (χ2n) is 12.5. The first-order chi connectivity index (χ1) is 21.0. The summed E-state index contributed by atoms with van der Waals surface area (Å²) in [5, 5.41) is 3.69. The van der Waals surface area contributed by atoms with Crippen LogP contribution in [0, 0.1) is 11.3 Å². The van der Waals surface area contributed by atoms with Crippen molar-refractivity contribution >= 4 is 15.9 Å². The SMILES string of the molecule is COC1COCCC1N[C@@H]1C[C@H]2CN(S(=O)(=O)CCc3ccccc3)C[C@@]2(C(=O)N2CCc3ncc(C(F)(F)F)cc3C2)C1. The van der Waals surface area contributed by atoms with Crippen LogP contribution in [0.2, 0.25) is 0 Å². The van der Waals surface area contributed by atoms with E-state index >= 15 is 0 Å². The van der Waals surface area contributed by atoms with Gasteiger partial charge in [0.05, 0.1) is 29.4 Å². The predicted octanol–water partition coefficient (Wildman–Crippen LogP) is 3.03. The van der Waals surface area contributed by atoms with Gasteiger partial charge in [0.2, 0.25) is 15.9 Å². The molecule has 1 amide bonds. The average molecular weight is 637 g/mol. The molecule has 0 bridgehead atoms. The van der Waals surface area contributed by atoms with E-state index in [1.165, 1.54) is 4.31 Å². The molecule has 1 aromatic carbocycles. The average Bonchev–Trinajstić information content (AvgIpc) is 3.55. The van der Waals surface area contributed by atoms with Gasteiger partial charge in [0.1, 0.15) is 0 Å². The molecule has 1 aromatic heterocycles. The quantitative estimate of drug-likeness (QED) is 0.476. The number of amides is 1. The highest BCUT2D eigenvalue weighted by molar-refractivity contribution is 7.89. The van der Waals surface area contributed by atoms with Crippen LogP contribution in [0.15, 0.2) is 42.6 Å². The van der Waals surface area contributed by atoms with E-state index in [0.29, 0.717) is 56.7 Å². The molecule has 4 aliphatic rings. The Bertz CT molecular complexity index is 1460. The predicted molar refractivity (Wildman–Crippen MR) is 156 cm³/mol. The number of aromatic nitrogens is 1. The number of hydrogen-bond acceptors (Lipinski definition) is 7. The normalized spacial score (nSPS) is 29.4. The van der Waals surface area contributed by atoms with E-state index < -0.39 is 27.2 Å². The number of nitrogens with one attached hydrogen (secondary N) is 1. The molecule has 9 nitrogen and oxygen atoms in total. The molecule has 1 aliphatic carbocycles. The number of sulfonamides is 1. The van der Waals surface area contributed by atoms with Crippen molar-refractivity contribution in [2.75, 3.05) is 45.7 Å². The number of pyridine rings is 1. The number of aryl methyl sites for hydroxylation is 1. The molecule has 1 N–H and O–H groups in total. The Kier molecular flexibility index (Phi) is 8.79. The molecular formula is C31H39F3N4O5S. The van der Waals surface area contributed by atoms with Crippen molar-refractivity contribution in [3.05, 3.63) is 65.0 Å². The summed E-state index contributed by atoms with van der Waals surface area (Å²) in [7, 11) is -2.01. The Morgan fingerprint density at radius 1 is 1.25 bits per heavy atom. The zero-order valence-electron chi connectivity index (χ0n) is 24.8. The molecule has 44 heavy (non-hydrogen) atoms. The third-order valence-corrected chi connectivity index (χ3v) is 11.7.